The second kappa shape index (κ2) is 8.88. The van der Waals surface area contributed by atoms with Crippen LogP contribution in [0.3, 0.4) is 0 Å². The van der Waals surface area contributed by atoms with Crippen LogP contribution in [0.15, 0.2) is 18.2 Å². The summed E-state index contributed by atoms with van der Waals surface area (Å²) in [5.74, 6) is 0.158. The summed E-state index contributed by atoms with van der Waals surface area (Å²) in [6.07, 6.45) is 2.94. The zero-order valence-electron chi connectivity index (χ0n) is 16.4. The Balaban J connectivity index is 1.55. The molecule has 154 valence electrons. The number of rotatable bonds is 4. The molecule has 1 aromatic rings. The van der Waals surface area contributed by atoms with Crippen LogP contribution in [-0.4, -0.2) is 84.7 Å². The molecule has 0 N–H and O–H groups in total. The van der Waals surface area contributed by atoms with Gasteiger partial charge in [-0.1, -0.05) is 36.2 Å². The van der Waals surface area contributed by atoms with Gasteiger partial charge in [-0.25, -0.2) is 0 Å². The summed E-state index contributed by atoms with van der Waals surface area (Å²) in [6, 6.07) is 5.93. The fourth-order valence-electron chi connectivity index (χ4n) is 4.95. The fraction of sp³-hybridized carbons (Fsp3) is 0.667. The van der Waals surface area contributed by atoms with E-state index in [0.29, 0.717) is 35.7 Å². The van der Waals surface area contributed by atoms with Gasteiger partial charge in [-0.05, 0) is 50.2 Å². The first-order valence-electron chi connectivity index (χ1n) is 10.4. The van der Waals surface area contributed by atoms with E-state index in [-0.39, 0.29) is 18.1 Å². The standard InChI is InChI=1S/C21H29Cl2N3O2/c1-2-24-13-18(25-7-3-4-8-25)21-19(14-24)28-10-9-26(21)20(27)12-15-5-6-16(22)17(23)11-15/h5-6,11,18-19,21H,2-4,7-10,12-14H2,1H3. The van der Waals surface area contributed by atoms with Crippen molar-refractivity contribution in [2.24, 2.45) is 0 Å². The molecule has 5 nitrogen and oxygen atoms in total. The lowest BCUT2D eigenvalue weighted by Crippen LogP contribution is -2.70. The van der Waals surface area contributed by atoms with Crippen molar-refractivity contribution >= 4 is 29.1 Å². The van der Waals surface area contributed by atoms with Gasteiger partial charge in [0.15, 0.2) is 0 Å². The van der Waals surface area contributed by atoms with Gasteiger partial charge >= 0.3 is 0 Å². The molecule has 1 amide bonds. The van der Waals surface area contributed by atoms with Gasteiger partial charge in [-0.15, -0.1) is 0 Å². The second-order valence-electron chi connectivity index (χ2n) is 8.07. The number of halogens is 2. The van der Waals surface area contributed by atoms with Crippen molar-refractivity contribution in [3.05, 3.63) is 33.8 Å². The average Bonchev–Trinajstić information content (AvgIpc) is 3.24. The molecule has 3 aliphatic rings. The fourth-order valence-corrected chi connectivity index (χ4v) is 5.27. The number of hydrogen-bond donors (Lipinski definition) is 0. The highest BCUT2D eigenvalue weighted by Gasteiger charge is 2.46. The average molecular weight is 426 g/mol. The van der Waals surface area contributed by atoms with E-state index in [1.807, 2.05) is 6.07 Å². The van der Waals surface area contributed by atoms with Crippen LogP contribution in [0.4, 0.5) is 0 Å². The first kappa shape index (κ1) is 20.4. The topological polar surface area (TPSA) is 36.0 Å². The number of morpholine rings is 1. The molecule has 0 saturated carbocycles. The normalized spacial score (nSPS) is 29.1. The molecule has 0 bridgehead atoms. The number of carbonyl (C=O) groups is 1. The highest BCUT2D eigenvalue weighted by Crippen LogP contribution is 2.30. The lowest BCUT2D eigenvalue weighted by molar-refractivity contribution is -0.161. The van der Waals surface area contributed by atoms with E-state index < -0.39 is 0 Å². The number of piperidine rings is 1. The van der Waals surface area contributed by atoms with Crippen molar-refractivity contribution in [2.75, 3.05) is 45.9 Å². The number of hydrogen-bond acceptors (Lipinski definition) is 4. The molecule has 3 aliphatic heterocycles. The number of nitrogens with zero attached hydrogens (tertiary/aromatic N) is 3. The molecule has 28 heavy (non-hydrogen) atoms. The minimum atomic E-state index is 0.0887. The highest BCUT2D eigenvalue weighted by molar-refractivity contribution is 6.42. The van der Waals surface area contributed by atoms with Crippen molar-refractivity contribution in [3.8, 4) is 0 Å². The van der Waals surface area contributed by atoms with Crippen LogP contribution in [0.25, 0.3) is 0 Å². The van der Waals surface area contributed by atoms with Crippen LogP contribution < -0.4 is 0 Å². The van der Waals surface area contributed by atoms with E-state index >= 15 is 0 Å². The Kier molecular flexibility index (Phi) is 6.48. The van der Waals surface area contributed by atoms with Gasteiger partial charge in [0.05, 0.1) is 35.2 Å². The molecule has 0 radical (unpaired) electrons. The summed E-state index contributed by atoms with van der Waals surface area (Å²) in [5, 5.41) is 1.02. The molecule has 0 aromatic heterocycles. The summed E-state index contributed by atoms with van der Waals surface area (Å²) in [5.41, 5.74) is 0.908. The molecule has 3 fully saturated rings. The zero-order chi connectivity index (χ0) is 19.7. The van der Waals surface area contributed by atoms with Crippen LogP contribution in [-0.2, 0) is 16.0 Å². The molecule has 3 atom stereocenters. The Labute approximate surface area is 177 Å². The minimum absolute atomic E-state index is 0.0887. The Morgan fingerprint density at radius 2 is 1.93 bits per heavy atom. The molecular weight excluding hydrogens is 397 g/mol. The van der Waals surface area contributed by atoms with Gasteiger partial charge in [0.1, 0.15) is 0 Å². The number of ether oxygens (including phenoxy) is 1. The van der Waals surface area contributed by atoms with Crippen molar-refractivity contribution in [1.29, 1.82) is 0 Å². The van der Waals surface area contributed by atoms with E-state index in [4.69, 9.17) is 27.9 Å². The molecule has 7 heteroatoms. The summed E-state index contributed by atoms with van der Waals surface area (Å²) in [7, 11) is 0. The Morgan fingerprint density at radius 1 is 1.14 bits per heavy atom. The first-order valence-corrected chi connectivity index (χ1v) is 11.1. The van der Waals surface area contributed by atoms with E-state index in [0.717, 1.165) is 38.3 Å². The Bertz CT molecular complexity index is 711. The van der Waals surface area contributed by atoms with Crippen LogP contribution in [0.2, 0.25) is 10.0 Å². The van der Waals surface area contributed by atoms with E-state index in [1.165, 1.54) is 12.8 Å². The summed E-state index contributed by atoms with van der Waals surface area (Å²) in [6.45, 7) is 8.67. The lowest BCUT2D eigenvalue weighted by Gasteiger charge is -2.53. The van der Waals surface area contributed by atoms with Crippen molar-refractivity contribution in [2.45, 2.75) is 44.4 Å². The molecule has 1 aromatic carbocycles. The lowest BCUT2D eigenvalue weighted by atomic mass is 9.91. The quantitative estimate of drug-likeness (QED) is 0.742. The van der Waals surface area contributed by atoms with Crippen LogP contribution in [0.1, 0.15) is 25.3 Å². The van der Waals surface area contributed by atoms with E-state index in [1.54, 1.807) is 12.1 Å². The van der Waals surface area contributed by atoms with Gasteiger partial charge < -0.3 is 9.64 Å². The first-order chi connectivity index (χ1) is 13.6. The summed E-state index contributed by atoms with van der Waals surface area (Å²) in [4.78, 5) is 20.4. The van der Waals surface area contributed by atoms with Gasteiger partial charge in [0.2, 0.25) is 5.91 Å². The monoisotopic (exact) mass is 425 g/mol. The third-order valence-electron chi connectivity index (χ3n) is 6.40. The van der Waals surface area contributed by atoms with E-state index in [9.17, 15) is 4.79 Å². The van der Waals surface area contributed by atoms with E-state index in [2.05, 4.69) is 21.6 Å². The molecule has 3 saturated heterocycles. The molecule has 0 aliphatic carbocycles. The number of fused-ring (bicyclic) bond motifs is 1. The molecule has 3 unspecified atom stereocenters. The predicted molar refractivity (Wildman–Crippen MR) is 112 cm³/mol. The van der Waals surface area contributed by atoms with Crippen LogP contribution in [0, 0.1) is 0 Å². The number of likely N-dealkylation sites (N-methyl/N-ethyl adjacent to an activating group) is 1. The van der Waals surface area contributed by atoms with Gasteiger partial charge in [0, 0.05) is 25.7 Å². The SMILES string of the molecule is CCN1CC2OCCN(C(=O)Cc3ccc(Cl)c(Cl)c3)C2C(N2CCCC2)C1. The van der Waals surface area contributed by atoms with Gasteiger partial charge in [0.25, 0.3) is 0 Å². The molecular formula is C21H29Cl2N3O2. The third-order valence-corrected chi connectivity index (χ3v) is 7.14. The maximum Gasteiger partial charge on any atom is 0.227 e. The number of likely N-dealkylation sites (tertiary alicyclic amines) is 2. The minimum Gasteiger partial charge on any atom is -0.373 e. The largest absolute Gasteiger partial charge is 0.373 e. The number of amides is 1. The Hall–Kier alpha value is -0.850. The molecule has 4 rings (SSSR count). The second-order valence-corrected chi connectivity index (χ2v) is 8.89. The number of carbonyl (C=O) groups excluding carboxylic acids is 1. The summed E-state index contributed by atoms with van der Waals surface area (Å²) >= 11 is 12.2. The predicted octanol–water partition coefficient (Wildman–Crippen LogP) is 2.93. The third kappa shape index (κ3) is 4.19. The smallest absolute Gasteiger partial charge is 0.227 e. The van der Waals surface area contributed by atoms with Crippen LogP contribution >= 0.6 is 23.2 Å². The van der Waals surface area contributed by atoms with Crippen LogP contribution in [0.5, 0.6) is 0 Å². The van der Waals surface area contributed by atoms with Gasteiger partial charge in [-0.2, -0.15) is 0 Å². The Morgan fingerprint density at radius 3 is 2.64 bits per heavy atom. The number of benzene rings is 1. The molecule has 3 heterocycles. The van der Waals surface area contributed by atoms with Crippen molar-refractivity contribution in [3.63, 3.8) is 0 Å². The van der Waals surface area contributed by atoms with Gasteiger partial charge in [-0.3, -0.25) is 14.6 Å². The zero-order valence-corrected chi connectivity index (χ0v) is 18.0. The maximum atomic E-state index is 13.3. The highest BCUT2D eigenvalue weighted by atomic mass is 35.5. The molecule has 0 spiro atoms. The maximum absolute atomic E-state index is 13.3. The van der Waals surface area contributed by atoms with Crippen molar-refractivity contribution in [1.82, 2.24) is 14.7 Å². The summed E-state index contributed by atoms with van der Waals surface area (Å²) < 4.78 is 6.17. The van der Waals surface area contributed by atoms with Crippen molar-refractivity contribution < 1.29 is 9.53 Å².